The summed E-state index contributed by atoms with van der Waals surface area (Å²) in [5, 5.41) is 3.20. The van der Waals surface area contributed by atoms with Gasteiger partial charge in [-0.1, -0.05) is 6.92 Å². The van der Waals surface area contributed by atoms with Gasteiger partial charge in [0, 0.05) is 6.54 Å². The number of ketones is 1. The number of rotatable bonds is 6. The molecule has 19 heavy (non-hydrogen) atoms. The maximum absolute atomic E-state index is 11.9. The molecule has 0 aliphatic carbocycles. The molecule has 1 aromatic carbocycles. The number of amides is 1. The molecule has 0 saturated heterocycles. The minimum atomic E-state index is -0.447. The van der Waals surface area contributed by atoms with Gasteiger partial charge in [0.1, 0.15) is 5.75 Å². The van der Waals surface area contributed by atoms with Crippen molar-refractivity contribution in [1.82, 2.24) is 5.32 Å². The first-order valence-corrected chi connectivity index (χ1v) is 6.44. The molecular weight excluding hydrogens is 244 g/mol. The molecule has 2 rings (SSSR count). The van der Waals surface area contributed by atoms with Crippen LogP contribution in [0.5, 0.6) is 5.75 Å². The second-order valence-corrected chi connectivity index (χ2v) is 4.38. The molecule has 0 atom stereocenters. The van der Waals surface area contributed by atoms with Gasteiger partial charge in [-0.3, -0.25) is 9.59 Å². The molecule has 102 valence electrons. The highest BCUT2D eigenvalue weighted by molar-refractivity contribution is 6.52. The van der Waals surface area contributed by atoms with Crippen molar-refractivity contribution in [3.05, 3.63) is 23.8 Å². The largest absolute Gasteiger partial charge is 0.497 e. The highest BCUT2D eigenvalue weighted by Crippen LogP contribution is 2.31. The fourth-order valence-corrected chi connectivity index (χ4v) is 2.17. The molecule has 0 saturated carbocycles. The van der Waals surface area contributed by atoms with Crippen LogP contribution in [0.2, 0.25) is 0 Å². The van der Waals surface area contributed by atoms with E-state index in [0.29, 0.717) is 23.5 Å². The number of carbonyl (C=O) groups excluding carboxylic acids is 2. The van der Waals surface area contributed by atoms with Gasteiger partial charge in [0.25, 0.3) is 11.7 Å². The Labute approximate surface area is 112 Å². The zero-order valence-electron chi connectivity index (χ0n) is 11.2. The second-order valence-electron chi connectivity index (χ2n) is 4.38. The second kappa shape index (κ2) is 5.84. The van der Waals surface area contributed by atoms with Gasteiger partial charge < -0.3 is 15.0 Å². The molecule has 0 spiro atoms. The fraction of sp³-hybridized carbons (Fsp3) is 0.429. The number of Topliss-reactive ketones (excluding diaryl/α,β-unsaturated/α-hetero) is 1. The topological polar surface area (TPSA) is 58.6 Å². The van der Waals surface area contributed by atoms with Crippen LogP contribution in [-0.4, -0.2) is 38.4 Å². The van der Waals surface area contributed by atoms with Gasteiger partial charge in [0.15, 0.2) is 0 Å². The predicted octanol–water partition coefficient (Wildman–Crippen LogP) is 1.22. The molecule has 5 heteroatoms. The summed E-state index contributed by atoms with van der Waals surface area (Å²) < 4.78 is 5.08. The van der Waals surface area contributed by atoms with Gasteiger partial charge in [-0.05, 0) is 37.7 Å². The summed E-state index contributed by atoms with van der Waals surface area (Å²) in [6, 6.07) is 5.16. The van der Waals surface area contributed by atoms with Gasteiger partial charge in [-0.15, -0.1) is 0 Å². The van der Waals surface area contributed by atoms with Crippen molar-refractivity contribution in [3.63, 3.8) is 0 Å². The van der Waals surface area contributed by atoms with E-state index in [4.69, 9.17) is 4.74 Å². The Bertz CT molecular complexity index is 499. The maximum atomic E-state index is 11.9. The van der Waals surface area contributed by atoms with Gasteiger partial charge in [0.2, 0.25) is 0 Å². The minimum Gasteiger partial charge on any atom is -0.497 e. The summed E-state index contributed by atoms with van der Waals surface area (Å²) >= 11 is 0. The Morgan fingerprint density at radius 2 is 2.11 bits per heavy atom. The predicted molar refractivity (Wildman–Crippen MR) is 72.8 cm³/mol. The summed E-state index contributed by atoms with van der Waals surface area (Å²) in [4.78, 5) is 25.4. The number of hydrogen-bond acceptors (Lipinski definition) is 4. The van der Waals surface area contributed by atoms with Gasteiger partial charge >= 0.3 is 0 Å². The summed E-state index contributed by atoms with van der Waals surface area (Å²) in [6.45, 7) is 4.32. The third-order valence-electron chi connectivity index (χ3n) is 3.16. The van der Waals surface area contributed by atoms with Crippen LogP contribution < -0.4 is 15.0 Å². The van der Waals surface area contributed by atoms with Crippen molar-refractivity contribution in [2.45, 2.75) is 13.3 Å². The first kappa shape index (κ1) is 13.5. The van der Waals surface area contributed by atoms with Crippen LogP contribution in [0.15, 0.2) is 18.2 Å². The zero-order valence-corrected chi connectivity index (χ0v) is 11.2. The normalized spacial score (nSPS) is 13.9. The molecule has 5 nitrogen and oxygen atoms in total. The molecule has 1 heterocycles. The number of methoxy groups -OCH3 is 1. The average Bonchev–Trinajstić information content (AvgIpc) is 2.67. The van der Waals surface area contributed by atoms with Crippen molar-refractivity contribution < 1.29 is 14.3 Å². The van der Waals surface area contributed by atoms with Crippen LogP contribution in [-0.2, 0) is 4.79 Å². The van der Waals surface area contributed by atoms with Crippen LogP contribution >= 0.6 is 0 Å². The lowest BCUT2D eigenvalue weighted by molar-refractivity contribution is -0.114. The Hall–Kier alpha value is -1.88. The van der Waals surface area contributed by atoms with Crippen LogP contribution in [0.4, 0.5) is 5.69 Å². The Morgan fingerprint density at radius 1 is 1.32 bits per heavy atom. The molecule has 1 aliphatic rings. The van der Waals surface area contributed by atoms with E-state index in [1.807, 2.05) is 6.92 Å². The molecule has 0 radical (unpaired) electrons. The first-order chi connectivity index (χ1) is 9.19. The quantitative estimate of drug-likeness (QED) is 0.618. The summed E-state index contributed by atoms with van der Waals surface area (Å²) in [5.74, 6) is -0.300. The first-order valence-electron chi connectivity index (χ1n) is 6.44. The fourth-order valence-electron chi connectivity index (χ4n) is 2.17. The van der Waals surface area contributed by atoms with E-state index in [-0.39, 0.29) is 0 Å². The third kappa shape index (κ3) is 2.61. The van der Waals surface area contributed by atoms with Gasteiger partial charge in [-0.2, -0.15) is 0 Å². The Kier molecular flexibility index (Phi) is 4.16. The van der Waals surface area contributed by atoms with E-state index in [1.165, 1.54) is 7.11 Å². The van der Waals surface area contributed by atoms with Crippen LogP contribution in [0.3, 0.4) is 0 Å². The highest BCUT2D eigenvalue weighted by Gasteiger charge is 2.35. The van der Waals surface area contributed by atoms with Gasteiger partial charge in [-0.25, -0.2) is 0 Å². The molecule has 1 aliphatic heterocycles. The SMILES string of the molecule is CCNCCCN1C(=O)C(=O)c2cc(OC)ccc21. The molecule has 0 aromatic heterocycles. The van der Waals surface area contributed by atoms with Gasteiger partial charge in [0.05, 0.1) is 18.4 Å². The van der Waals surface area contributed by atoms with E-state index in [0.717, 1.165) is 19.5 Å². The molecule has 1 amide bonds. The number of ether oxygens (including phenoxy) is 1. The van der Waals surface area contributed by atoms with Crippen molar-refractivity contribution in [1.29, 1.82) is 0 Å². The lowest BCUT2D eigenvalue weighted by atomic mass is 10.1. The molecule has 0 unspecified atom stereocenters. The average molecular weight is 262 g/mol. The molecule has 0 bridgehead atoms. The number of fused-ring (bicyclic) bond motifs is 1. The minimum absolute atomic E-state index is 0.438. The highest BCUT2D eigenvalue weighted by atomic mass is 16.5. The Balaban J connectivity index is 2.15. The van der Waals surface area contributed by atoms with E-state index < -0.39 is 11.7 Å². The zero-order chi connectivity index (χ0) is 13.8. The summed E-state index contributed by atoms with van der Waals surface area (Å²) in [5.41, 5.74) is 1.13. The number of nitrogens with zero attached hydrogens (tertiary/aromatic N) is 1. The van der Waals surface area contributed by atoms with Crippen molar-refractivity contribution in [2.24, 2.45) is 0 Å². The molecule has 1 aromatic rings. The maximum Gasteiger partial charge on any atom is 0.299 e. The lowest BCUT2D eigenvalue weighted by Gasteiger charge is -2.16. The number of nitrogens with one attached hydrogen (secondary N) is 1. The van der Waals surface area contributed by atoms with Crippen LogP contribution in [0.1, 0.15) is 23.7 Å². The van der Waals surface area contributed by atoms with Crippen molar-refractivity contribution >= 4 is 17.4 Å². The summed E-state index contributed by atoms with van der Waals surface area (Å²) in [7, 11) is 1.54. The van der Waals surface area contributed by atoms with Crippen molar-refractivity contribution in [3.8, 4) is 5.75 Å². The number of benzene rings is 1. The number of anilines is 1. The number of carbonyl (C=O) groups is 2. The molecular formula is C14H18N2O3. The standard InChI is InChI=1S/C14H18N2O3/c1-3-15-7-4-8-16-12-6-5-10(19-2)9-11(12)13(17)14(16)18/h5-6,9,15H,3-4,7-8H2,1-2H3. The van der Waals surface area contributed by atoms with E-state index >= 15 is 0 Å². The van der Waals surface area contributed by atoms with Crippen LogP contribution in [0, 0.1) is 0 Å². The molecule has 1 N–H and O–H groups in total. The lowest BCUT2D eigenvalue weighted by Crippen LogP contribution is -2.32. The van der Waals surface area contributed by atoms with Crippen LogP contribution in [0.25, 0.3) is 0 Å². The van der Waals surface area contributed by atoms with E-state index in [1.54, 1.807) is 23.1 Å². The smallest absolute Gasteiger partial charge is 0.299 e. The molecule has 0 fully saturated rings. The summed E-state index contributed by atoms with van der Waals surface area (Å²) in [6.07, 6.45) is 0.818. The Morgan fingerprint density at radius 3 is 2.79 bits per heavy atom. The number of hydrogen-bond donors (Lipinski definition) is 1. The van der Waals surface area contributed by atoms with Crippen molar-refractivity contribution in [2.75, 3.05) is 31.6 Å². The van der Waals surface area contributed by atoms with E-state index in [2.05, 4.69) is 5.32 Å². The monoisotopic (exact) mass is 262 g/mol. The third-order valence-corrected chi connectivity index (χ3v) is 3.16. The van der Waals surface area contributed by atoms with E-state index in [9.17, 15) is 9.59 Å².